The highest BCUT2D eigenvalue weighted by Crippen LogP contribution is 2.33. The average Bonchev–Trinajstić information content (AvgIpc) is 2.54. The van der Waals surface area contributed by atoms with Gasteiger partial charge in [0.2, 0.25) is 0 Å². The number of halogens is 1. The molecule has 3 nitrogen and oxygen atoms in total. The summed E-state index contributed by atoms with van der Waals surface area (Å²) in [7, 11) is 1.78. The van der Waals surface area contributed by atoms with E-state index in [-0.39, 0.29) is 16.5 Å². The summed E-state index contributed by atoms with van der Waals surface area (Å²) in [6.07, 6.45) is 1.54. The van der Waals surface area contributed by atoms with Crippen molar-refractivity contribution in [2.75, 3.05) is 0 Å². The third kappa shape index (κ3) is 2.44. The molecule has 0 saturated heterocycles. The van der Waals surface area contributed by atoms with Gasteiger partial charge in [-0.25, -0.2) is 4.79 Å². The van der Waals surface area contributed by atoms with Crippen LogP contribution in [0.15, 0.2) is 19.4 Å². The fourth-order valence-corrected chi connectivity index (χ4v) is 1.92. The fourth-order valence-electron chi connectivity index (χ4n) is 1.72. The number of carbonyl (C=O) groups is 1. The smallest absolute Gasteiger partial charge is 0.337 e. The molecule has 0 fully saturated rings. The summed E-state index contributed by atoms with van der Waals surface area (Å²) in [5.41, 5.74) is 2.19. The maximum atomic E-state index is 11.1. The van der Waals surface area contributed by atoms with Gasteiger partial charge in [0.15, 0.2) is 0 Å². The Labute approximate surface area is 106 Å². The Hall–Kier alpha value is -1.48. The molecule has 0 bridgehead atoms. The molecule has 1 heterocycles. The highest BCUT2D eigenvalue weighted by atomic mass is 35.5. The molecule has 0 unspecified atom stereocenters. The Morgan fingerprint density at radius 2 is 2.00 bits per heavy atom. The molecular formula is C13H16ClNO2. The van der Waals surface area contributed by atoms with Crippen molar-refractivity contribution in [1.29, 1.82) is 0 Å². The van der Waals surface area contributed by atoms with Crippen molar-refractivity contribution >= 4 is 28.2 Å². The molecule has 17 heavy (non-hydrogen) atoms. The number of nitrogens with zero attached hydrogens (tertiary/aromatic N) is 1. The minimum Gasteiger partial charge on any atom is -0.478 e. The van der Waals surface area contributed by atoms with Gasteiger partial charge in [-0.15, -0.1) is 0 Å². The lowest BCUT2D eigenvalue weighted by Gasteiger charge is -2.13. The van der Waals surface area contributed by atoms with Crippen molar-refractivity contribution in [3.8, 4) is 0 Å². The minimum absolute atomic E-state index is 0.157. The van der Waals surface area contributed by atoms with Crippen LogP contribution in [0.4, 0.5) is 0 Å². The van der Waals surface area contributed by atoms with E-state index in [0.29, 0.717) is 5.56 Å². The van der Waals surface area contributed by atoms with Gasteiger partial charge in [-0.2, -0.15) is 0 Å². The highest BCUT2D eigenvalue weighted by molar-refractivity contribution is 6.49. The van der Waals surface area contributed by atoms with E-state index in [1.54, 1.807) is 11.6 Å². The van der Waals surface area contributed by atoms with Crippen molar-refractivity contribution < 1.29 is 9.90 Å². The Balaban J connectivity index is 3.54. The first kappa shape index (κ1) is 13.6. The number of rotatable bonds is 4. The Kier molecular flexibility index (Phi) is 3.83. The number of carboxylic acids is 1. The van der Waals surface area contributed by atoms with Crippen molar-refractivity contribution in [2.24, 2.45) is 13.0 Å². The van der Waals surface area contributed by atoms with E-state index in [2.05, 4.69) is 13.2 Å². The maximum absolute atomic E-state index is 11.1. The highest BCUT2D eigenvalue weighted by Gasteiger charge is 2.22. The van der Waals surface area contributed by atoms with E-state index in [1.165, 1.54) is 6.20 Å². The largest absolute Gasteiger partial charge is 0.478 e. The van der Waals surface area contributed by atoms with E-state index in [4.69, 9.17) is 16.7 Å². The van der Waals surface area contributed by atoms with E-state index in [0.717, 1.165) is 11.3 Å². The summed E-state index contributed by atoms with van der Waals surface area (Å²) in [6.45, 7) is 11.6. The molecule has 0 spiro atoms. The van der Waals surface area contributed by atoms with Crippen LogP contribution in [0.3, 0.4) is 0 Å². The van der Waals surface area contributed by atoms with Gasteiger partial charge in [0.05, 0.1) is 11.3 Å². The molecule has 0 radical (unpaired) electrons. The molecule has 0 amide bonds. The third-order valence-electron chi connectivity index (χ3n) is 2.68. The van der Waals surface area contributed by atoms with Gasteiger partial charge in [0, 0.05) is 23.8 Å². The van der Waals surface area contributed by atoms with E-state index >= 15 is 0 Å². The van der Waals surface area contributed by atoms with Crippen LogP contribution in [-0.2, 0) is 7.05 Å². The molecule has 1 aromatic rings. The fraction of sp³-hybridized carbons (Fsp3) is 0.308. The van der Waals surface area contributed by atoms with E-state index in [9.17, 15) is 4.79 Å². The molecule has 0 atom stereocenters. The number of carboxylic acid groups (broad SMARTS) is 1. The van der Waals surface area contributed by atoms with Crippen molar-refractivity contribution in [2.45, 2.75) is 13.8 Å². The topological polar surface area (TPSA) is 42.2 Å². The van der Waals surface area contributed by atoms with Gasteiger partial charge in [-0.3, -0.25) is 0 Å². The molecule has 1 rings (SSSR count). The summed E-state index contributed by atoms with van der Waals surface area (Å²) < 4.78 is 1.73. The summed E-state index contributed by atoms with van der Waals surface area (Å²) in [5.74, 6) is -0.805. The van der Waals surface area contributed by atoms with Gasteiger partial charge in [-0.05, 0) is 11.5 Å². The monoisotopic (exact) mass is 253 g/mol. The van der Waals surface area contributed by atoms with Crippen molar-refractivity contribution in [3.63, 3.8) is 0 Å². The van der Waals surface area contributed by atoms with Crippen LogP contribution in [0, 0.1) is 5.92 Å². The molecule has 1 N–H and O–H groups in total. The van der Waals surface area contributed by atoms with Crippen LogP contribution < -0.4 is 0 Å². The quantitative estimate of drug-likeness (QED) is 0.891. The van der Waals surface area contributed by atoms with Crippen LogP contribution in [0.1, 0.15) is 35.5 Å². The number of allylic oxidation sites excluding steroid dienone is 1. The van der Waals surface area contributed by atoms with E-state index < -0.39 is 5.97 Å². The van der Waals surface area contributed by atoms with Gasteiger partial charge >= 0.3 is 5.97 Å². The predicted octanol–water partition coefficient (Wildman–Crippen LogP) is 3.60. The molecule has 0 aliphatic rings. The number of hydrogen-bond acceptors (Lipinski definition) is 1. The van der Waals surface area contributed by atoms with Crippen LogP contribution >= 0.6 is 11.6 Å². The number of aromatic nitrogens is 1. The Bertz CT molecular complexity index is 498. The molecule has 92 valence electrons. The summed E-state index contributed by atoms with van der Waals surface area (Å²) in [5, 5.41) is 9.35. The first-order valence-corrected chi connectivity index (χ1v) is 5.61. The lowest BCUT2D eigenvalue weighted by Crippen LogP contribution is -2.02. The lowest BCUT2D eigenvalue weighted by molar-refractivity contribution is 0.0696. The zero-order valence-electron chi connectivity index (χ0n) is 10.2. The molecule has 4 heteroatoms. The summed E-state index contributed by atoms with van der Waals surface area (Å²) in [6, 6.07) is 0. The van der Waals surface area contributed by atoms with E-state index in [1.807, 2.05) is 13.8 Å². The SMILES string of the molecule is C=C(Cl)c1c(C(=O)O)cn(C)c1C(=C)C(C)C. The van der Waals surface area contributed by atoms with Gasteiger partial charge in [0.1, 0.15) is 0 Å². The average molecular weight is 254 g/mol. The standard InChI is InChI=1S/C13H16ClNO2/c1-7(2)8(3)12-11(9(4)14)10(13(16)17)6-15(12)5/h6-7H,3-4H2,1-2,5H3,(H,16,17). The normalized spacial score (nSPS) is 10.6. The molecule has 0 saturated carbocycles. The van der Waals surface area contributed by atoms with Crippen LogP contribution in [-0.4, -0.2) is 15.6 Å². The van der Waals surface area contributed by atoms with Crippen LogP contribution in [0.5, 0.6) is 0 Å². The second-order valence-electron chi connectivity index (χ2n) is 4.27. The Morgan fingerprint density at radius 3 is 2.35 bits per heavy atom. The zero-order valence-corrected chi connectivity index (χ0v) is 11.0. The second-order valence-corrected chi connectivity index (χ2v) is 4.72. The first-order valence-electron chi connectivity index (χ1n) is 5.23. The van der Waals surface area contributed by atoms with Gasteiger partial charge < -0.3 is 9.67 Å². The van der Waals surface area contributed by atoms with Crippen molar-refractivity contribution in [1.82, 2.24) is 4.57 Å². The third-order valence-corrected chi connectivity index (χ3v) is 2.87. The summed E-state index contributed by atoms with van der Waals surface area (Å²) >= 11 is 5.91. The second kappa shape index (κ2) is 4.80. The molecule has 0 aliphatic carbocycles. The van der Waals surface area contributed by atoms with Crippen LogP contribution in [0.25, 0.3) is 10.6 Å². The molecule has 0 aliphatic heterocycles. The molecular weight excluding hydrogens is 238 g/mol. The van der Waals surface area contributed by atoms with Crippen LogP contribution in [0.2, 0.25) is 0 Å². The maximum Gasteiger partial charge on any atom is 0.337 e. The minimum atomic E-state index is -1.01. The number of hydrogen-bond donors (Lipinski definition) is 1. The molecule has 0 aromatic carbocycles. The summed E-state index contributed by atoms with van der Waals surface area (Å²) in [4.78, 5) is 11.1. The lowest BCUT2D eigenvalue weighted by atomic mass is 9.97. The molecule has 1 aromatic heterocycles. The van der Waals surface area contributed by atoms with Gasteiger partial charge in [0.25, 0.3) is 0 Å². The predicted molar refractivity (Wildman–Crippen MR) is 71.1 cm³/mol. The number of aryl methyl sites for hydroxylation is 1. The number of aromatic carboxylic acids is 1. The zero-order chi connectivity index (χ0) is 13.3. The first-order chi connectivity index (χ1) is 7.77. The Morgan fingerprint density at radius 1 is 1.47 bits per heavy atom. The van der Waals surface area contributed by atoms with Gasteiger partial charge in [-0.1, -0.05) is 38.6 Å². The van der Waals surface area contributed by atoms with Crippen molar-refractivity contribution in [3.05, 3.63) is 36.2 Å².